The molecule has 0 atom stereocenters. The molecule has 0 aliphatic heterocycles. The molecule has 1 rings (SSSR count). The molecule has 0 fully saturated rings. The summed E-state index contributed by atoms with van der Waals surface area (Å²) in [6.07, 6.45) is 0.513. The lowest BCUT2D eigenvalue weighted by molar-refractivity contribution is 0.296. The summed E-state index contributed by atoms with van der Waals surface area (Å²) >= 11 is 0. The fraction of sp³-hybridized carbons (Fsp3) is 0.500. The van der Waals surface area contributed by atoms with E-state index < -0.39 is 0 Å². The summed E-state index contributed by atoms with van der Waals surface area (Å²) < 4.78 is 0. The van der Waals surface area contributed by atoms with Gasteiger partial charge in [0.15, 0.2) is 0 Å². The Hall–Kier alpha value is -1.02. The Morgan fingerprint density at radius 2 is 1.86 bits per heavy atom. The topological polar surface area (TPSA) is 40.5 Å². The van der Waals surface area contributed by atoms with Crippen LogP contribution in [0, 0.1) is 0 Å². The van der Waals surface area contributed by atoms with Gasteiger partial charge in [0.2, 0.25) is 0 Å². The van der Waals surface area contributed by atoms with Gasteiger partial charge < -0.3 is 10.2 Å². The zero-order valence-electron chi connectivity index (χ0n) is 9.04. The number of aliphatic hydroxyl groups is 1. The molecule has 0 aliphatic carbocycles. The molecule has 14 heavy (non-hydrogen) atoms. The van der Waals surface area contributed by atoms with Gasteiger partial charge in [-0.1, -0.05) is 32.9 Å². The van der Waals surface area contributed by atoms with E-state index >= 15 is 0 Å². The van der Waals surface area contributed by atoms with E-state index in [1.165, 1.54) is 0 Å². The minimum Gasteiger partial charge on any atom is -0.508 e. The summed E-state index contributed by atoms with van der Waals surface area (Å²) in [5.41, 5.74) is 1.97. The first-order chi connectivity index (χ1) is 6.46. The van der Waals surface area contributed by atoms with Crippen LogP contribution in [-0.2, 0) is 11.8 Å². The summed E-state index contributed by atoms with van der Waals surface area (Å²) in [6, 6.07) is 5.52. The lowest BCUT2D eigenvalue weighted by Gasteiger charge is -2.23. The molecule has 0 saturated carbocycles. The van der Waals surface area contributed by atoms with Gasteiger partial charge >= 0.3 is 0 Å². The van der Waals surface area contributed by atoms with Gasteiger partial charge in [-0.25, -0.2) is 0 Å². The van der Waals surface area contributed by atoms with E-state index in [2.05, 4.69) is 20.8 Å². The predicted molar refractivity (Wildman–Crippen MR) is 57.6 cm³/mol. The lowest BCUT2D eigenvalue weighted by Crippen LogP contribution is -2.14. The molecular formula is C12H18O2. The van der Waals surface area contributed by atoms with Gasteiger partial charge in [-0.05, 0) is 29.0 Å². The van der Waals surface area contributed by atoms with Crippen LogP contribution in [0.1, 0.15) is 31.9 Å². The van der Waals surface area contributed by atoms with E-state index in [0.29, 0.717) is 6.42 Å². The van der Waals surface area contributed by atoms with E-state index in [1.807, 2.05) is 12.1 Å². The number of hydrogen-bond donors (Lipinski definition) is 2. The second-order valence-electron chi connectivity index (χ2n) is 4.53. The molecule has 0 heterocycles. The normalized spacial score (nSPS) is 11.7. The van der Waals surface area contributed by atoms with Gasteiger partial charge in [0, 0.05) is 6.61 Å². The first-order valence-electron chi connectivity index (χ1n) is 4.89. The molecule has 0 bridgehead atoms. The molecule has 2 heteroatoms. The largest absolute Gasteiger partial charge is 0.508 e. The number of aliphatic hydroxyl groups excluding tert-OH is 1. The highest BCUT2D eigenvalue weighted by Gasteiger charge is 2.19. The van der Waals surface area contributed by atoms with E-state index in [4.69, 9.17) is 5.11 Å². The van der Waals surface area contributed by atoms with Crippen molar-refractivity contribution in [3.05, 3.63) is 29.3 Å². The molecule has 1 aromatic carbocycles. The fourth-order valence-electron chi connectivity index (χ4n) is 1.65. The van der Waals surface area contributed by atoms with Crippen LogP contribution < -0.4 is 0 Å². The van der Waals surface area contributed by atoms with Crippen molar-refractivity contribution in [3.8, 4) is 5.75 Å². The van der Waals surface area contributed by atoms with Crippen molar-refractivity contribution in [2.75, 3.05) is 6.61 Å². The van der Waals surface area contributed by atoms with Gasteiger partial charge in [-0.15, -0.1) is 0 Å². The average Bonchev–Trinajstić information content (AvgIpc) is 2.07. The Balaban J connectivity index is 3.21. The highest BCUT2D eigenvalue weighted by Crippen LogP contribution is 2.31. The Kier molecular flexibility index (Phi) is 3.17. The Labute approximate surface area is 85.2 Å². The van der Waals surface area contributed by atoms with Crippen LogP contribution >= 0.6 is 0 Å². The summed E-state index contributed by atoms with van der Waals surface area (Å²) in [4.78, 5) is 0. The number of hydrogen-bond acceptors (Lipinski definition) is 2. The van der Waals surface area contributed by atoms with E-state index in [-0.39, 0.29) is 17.8 Å². The summed E-state index contributed by atoms with van der Waals surface area (Å²) in [6.45, 7) is 6.37. The van der Waals surface area contributed by atoms with Crippen molar-refractivity contribution in [1.82, 2.24) is 0 Å². The molecule has 0 saturated heterocycles. The zero-order chi connectivity index (χ0) is 10.8. The van der Waals surface area contributed by atoms with Crippen molar-refractivity contribution in [1.29, 1.82) is 0 Å². The van der Waals surface area contributed by atoms with Crippen LogP contribution in [0.5, 0.6) is 5.75 Å². The highest BCUT2D eigenvalue weighted by atomic mass is 16.3. The fourth-order valence-corrected chi connectivity index (χ4v) is 1.65. The van der Waals surface area contributed by atoms with Crippen LogP contribution in [0.15, 0.2) is 18.2 Å². The zero-order valence-corrected chi connectivity index (χ0v) is 9.04. The van der Waals surface area contributed by atoms with E-state index in [0.717, 1.165) is 11.1 Å². The Bertz CT molecular complexity index is 311. The van der Waals surface area contributed by atoms with Crippen molar-refractivity contribution in [2.24, 2.45) is 0 Å². The third kappa shape index (κ3) is 2.26. The third-order valence-corrected chi connectivity index (χ3v) is 2.32. The standard InChI is InChI=1S/C12H18O2/c1-12(2,3)10-5-4-6-11(14)9(10)7-8-13/h4-6,13-14H,7-8H2,1-3H3. The number of phenolic OH excluding ortho intramolecular Hbond substituents is 1. The summed E-state index contributed by atoms with van der Waals surface area (Å²) in [5.74, 6) is 0.284. The third-order valence-electron chi connectivity index (χ3n) is 2.32. The van der Waals surface area contributed by atoms with Crippen molar-refractivity contribution >= 4 is 0 Å². The van der Waals surface area contributed by atoms with E-state index in [9.17, 15) is 5.11 Å². The van der Waals surface area contributed by atoms with Gasteiger partial charge in [-0.2, -0.15) is 0 Å². The predicted octanol–water partition coefficient (Wildman–Crippen LogP) is 2.22. The smallest absolute Gasteiger partial charge is 0.119 e. The molecule has 0 aromatic heterocycles. The highest BCUT2D eigenvalue weighted by molar-refractivity contribution is 5.42. The monoisotopic (exact) mass is 194 g/mol. The molecule has 2 N–H and O–H groups in total. The second kappa shape index (κ2) is 4.01. The first kappa shape index (κ1) is 11.1. The van der Waals surface area contributed by atoms with Gasteiger partial charge in [-0.3, -0.25) is 0 Å². The van der Waals surface area contributed by atoms with Crippen molar-refractivity contribution in [3.63, 3.8) is 0 Å². The SMILES string of the molecule is CC(C)(C)c1cccc(O)c1CCO. The maximum atomic E-state index is 9.67. The lowest BCUT2D eigenvalue weighted by atomic mass is 9.82. The quantitative estimate of drug-likeness (QED) is 0.758. The Morgan fingerprint density at radius 3 is 2.36 bits per heavy atom. The molecule has 0 amide bonds. The molecule has 0 aliphatic rings. The Morgan fingerprint density at radius 1 is 1.21 bits per heavy atom. The van der Waals surface area contributed by atoms with Crippen molar-refractivity contribution in [2.45, 2.75) is 32.6 Å². The van der Waals surface area contributed by atoms with Crippen LogP contribution in [0.4, 0.5) is 0 Å². The first-order valence-corrected chi connectivity index (χ1v) is 4.89. The van der Waals surface area contributed by atoms with Crippen molar-refractivity contribution < 1.29 is 10.2 Å². The minimum atomic E-state index is 0.00322. The molecule has 1 aromatic rings. The molecule has 0 radical (unpaired) electrons. The average molecular weight is 194 g/mol. The molecule has 2 nitrogen and oxygen atoms in total. The number of benzene rings is 1. The molecule has 0 spiro atoms. The molecule has 0 unspecified atom stereocenters. The van der Waals surface area contributed by atoms with Gasteiger partial charge in [0.25, 0.3) is 0 Å². The van der Waals surface area contributed by atoms with Gasteiger partial charge in [0.1, 0.15) is 5.75 Å². The number of aromatic hydroxyl groups is 1. The van der Waals surface area contributed by atoms with Crippen LogP contribution in [-0.4, -0.2) is 16.8 Å². The van der Waals surface area contributed by atoms with E-state index in [1.54, 1.807) is 6.07 Å². The molecular weight excluding hydrogens is 176 g/mol. The van der Waals surface area contributed by atoms with Crippen LogP contribution in [0.2, 0.25) is 0 Å². The number of phenols is 1. The number of rotatable bonds is 2. The van der Waals surface area contributed by atoms with Gasteiger partial charge in [0.05, 0.1) is 0 Å². The summed E-state index contributed by atoms with van der Waals surface area (Å²) in [7, 11) is 0. The van der Waals surface area contributed by atoms with Crippen LogP contribution in [0.3, 0.4) is 0 Å². The minimum absolute atomic E-state index is 0.00322. The maximum Gasteiger partial charge on any atom is 0.119 e. The molecule has 78 valence electrons. The maximum absolute atomic E-state index is 9.67. The summed E-state index contributed by atoms with van der Waals surface area (Å²) in [5, 5.41) is 18.6. The van der Waals surface area contributed by atoms with Crippen LogP contribution in [0.25, 0.3) is 0 Å². The second-order valence-corrected chi connectivity index (χ2v) is 4.53.